The molecule has 0 radical (unpaired) electrons. The molecule has 1 aromatic rings. The van der Waals surface area contributed by atoms with Crippen molar-refractivity contribution in [1.29, 1.82) is 0 Å². The van der Waals surface area contributed by atoms with Gasteiger partial charge in [-0.1, -0.05) is 23.4 Å². The molecule has 0 fully saturated rings. The van der Waals surface area contributed by atoms with Crippen molar-refractivity contribution < 1.29 is 28.2 Å². The zero-order chi connectivity index (χ0) is 20.3. The number of benzene rings is 1. The summed E-state index contributed by atoms with van der Waals surface area (Å²) in [6.45, 7) is 1.10. The lowest BCUT2D eigenvalue weighted by Gasteiger charge is -2.17. The summed E-state index contributed by atoms with van der Waals surface area (Å²) < 4.78 is 24.6. The maximum absolute atomic E-state index is 14.5. The lowest BCUT2D eigenvalue weighted by Crippen LogP contribution is -2.32. The largest absolute Gasteiger partial charge is 0.479 e. The monoisotopic (exact) mass is 405 g/mol. The Kier molecular flexibility index (Phi) is 6.00. The number of esters is 1. The van der Waals surface area contributed by atoms with Gasteiger partial charge in [0.25, 0.3) is 11.8 Å². The number of halogens is 2. The first-order chi connectivity index (χ1) is 13.4. The van der Waals surface area contributed by atoms with E-state index in [9.17, 15) is 18.8 Å². The predicted molar refractivity (Wildman–Crippen MR) is 99.3 cm³/mol. The Labute approximate surface area is 166 Å². The Morgan fingerprint density at radius 1 is 1.14 bits per heavy atom. The lowest BCUT2D eigenvalue weighted by molar-refractivity contribution is -0.139. The van der Waals surface area contributed by atoms with Gasteiger partial charge in [0, 0.05) is 24.1 Å². The Bertz CT molecular complexity index is 916. The van der Waals surface area contributed by atoms with Gasteiger partial charge in [-0.05, 0) is 31.7 Å². The van der Waals surface area contributed by atoms with Gasteiger partial charge in [-0.2, -0.15) is 0 Å². The normalized spacial score (nSPS) is 15.9. The topological polar surface area (TPSA) is 72.9 Å². The minimum atomic E-state index is -0.792. The molecule has 0 spiro atoms. The molecule has 0 saturated heterocycles. The van der Waals surface area contributed by atoms with Gasteiger partial charge < -0.3 is 9.47 Å². The van der Waals surface area contributed by atoms with Crippen LogP contribution in [0.1, 0.15) is 32.6 Å². The van der Waals surface area contributed by atoms with Gasteiger partial charge in [0.1, 0.15) is 18.2 Å². The van der Waals surface area contributed by atoms with E-state index in [2.05, 4.69) is 16.6 Å². The predicted octanol–water partition coefficient (Wildman–Crippen LogP) is 3.17. The highest BCUT2D eigenvalue weighted by Crippen LogP contribution is 2.39. The Morgan fingerprint density at radius 3 is 2.36 bits per heavy atom. The van der Waals surface area contributed by atoms with Crippen molar-refractivity contribution in [2.45, 2.75) is 32.6 Å². The molecule has 6 nitrogen and oxygen atoms in total. The molecule has 1 aliphatic heterocycles. The van der Waals surface area contributed by atoms with E-state index in [0.29, 0.717) is 24.0 Å². The Hall–Kier alpha value is -2.85. The summed E-state index contributed by atoms with van der Waals surface area (Å²) in [6.07, 6.45) is 2.70. The summed E-state index contributed by atoms with van der Waals surface area (Å²) in [5, 5.41) is -0.0140. The van der Waals surface area contributed by atoms with Crippen LogP contribution in [0.15, 0.2) is 23.3 Å². The number of nitrogens with zero attached hydrogens (tertiary/aromatic N) is 1. The van der Waals surface area contributed by atoms with E-state index in [1.165, 1.54) is 13.0 Å². The number of carbonyl (C=O) groups is 3. The molecule has 0 saturated carbocycles. The molecule has 0 atom stereocenters. The minimum Gasteiger partial charge on any atom is -0.479 e. The number of ether oxygens (including phenoxy) is 2. The average Bonchev–Trinajstić information content (AvgIpc) is 2.91. The van der Waals surface area contributed by atoms with Crippen LogP contribution in [-0.4, -0.2) is 31.0 Å². The quantitative estimate of drug-likeness (QED) is 0.437. The molecule has 146 valence electrons. The van der Waals surface area contributed by atoms with E-state index < -0.39 is 23.6 Å². The number of anilines is 1. The van der Waals surface area contributed by atoms with E-state index in [1.807, 2.05) is 0 Å². The third kappa shape index (κ3) is 4.02. The van der Waals surface area contributed by atoms with Crippen molar-refractivity contribution in [3.63, 3.8) is 0 Å². The number of hydrogen-bond donors (Lipinski definition) is 0. The zero-order valence-electron chi connectivity index (χ0n) is 15.1. The number of hydrogen-bond acceptors (Lipinski definition) is 5. The van der Waals surface area contributed by atoms with Crippen molar-refractivity contribution in [1.82, 2.24) is 0 Å². The first-order valence-corrected chi connectivity index (χ1v) is 9.09. The maximum Gasteiger partial charge on any atom is 0.303 e. The van der Waals surface area contributed by atoms with E-state index in [4.69, 9.17) is 16.3 Å². The van der Waals surface area contributed by atoms with Gasteiger partial charge in [-0.3, -0.25) is 14.4 Å². The molecule has 1 aromatic carbocycles. The molecule has 3 rings (SSSR count). The first kappa shape index (κ1) is 19.9. The first-order valence-electron chi connectivity index (χ1n) is 8.72. The van der Waals surface area contributed by atoms with Gasteiger partial charge in [0.15, 0.2) is 6.61 Å². The molecule has 0 unspecified atom stereocenters. The summed E-state index contributed by atoms with van der Waals surface area (Å²) in [5.74, 6) is 3.06. The second-order valence-electron chi connectivity index (χ2n) is 6.27. The molecule has 1 heterocycles. The SMILES string of the molecule is CC(=O)OCC#CCOc1cc(N2C(=O)C3=C(CCCC3)C2=O)c(F)cc1Cl. The second kappa shape index (κ2) is 8.44. The van der Waals surface area contributed by atoms with Crippen molar-refractivity contribution in [2.75, 3.05) is 18.1 Å². The fraction of sp³-hybridized carbons (Fsp3) is 0.350. The molecule has 0 N–H and O–H groups in total. The molecular formula is C20H17ClFNO5. The second-order valence-corrected chi connectivity index (χ2v) is 6.67. The summed E-state index contributed by atoms with van der Waals surface area (Å²) in [5.41, 5.74) is 0.727. The smallest absolute Gasteiger partial charge is 0.303 e. The number of amides is 2. The highest BCUT2D eigenvalue weighted by Gasteiger charge is 2.41. The Balaban J connectivity index is 1.78. The maximum atomic E-state index is 14.5. The minimum absolute atomic E-state index is 0.0140. The van der Waals surface area contributed by atoms with E-state index in [1.54, 1.807) is 0 Å². The standard InChI is InChI=1S/C20H17ClFNO5/c1-12(24)27-8-4-5-9-28-18-11-17(16(22)10-15(18)21)23-19(25)13-6-2-3-7-14(13)20(23)26/h10-11H,2-3,6-9H2,1H3. The van der Waals surface area contributed by atoms with Crippen LogP contribution >= 0.6 is 11.6 Å². The van der Waals surface area contributed by atoms with Gasteiger partial charge in [0.2, 0.25) is 0 Å². The third-order valence-electron chi connectivity index (χ3n) is 4.41. The highest BCUT2D eigenvalue weighted by molar-refractivity contribution is 6.34. The van der Waals surface area contributed by atoms with Crippen molar-refractivity contribution in [3.05, 3.63) is 34.1 Å². The Morgan fingerprint density at radius 2 is 1.75 bits per heavy atom. The van der Waals surface area contributed by atoms with Gasteiger partial charge in [0.05, 0.1) is 10.7 Å². The van der Waals surface area contributed by atoms with Crippen LogP contribution < -0.4 is 9.64 Å². The summed E-state index contributed by atoms with van der Waals surface area (Å²) in [4.78, 5) is 36.8. The van der Waals surface area contributed by atoms with Crippen LogP contribution in [0.4, 0.5) is 10.1 Å². The molecule has 0 bridgehead atoms. The van der Waals surface area contributed by atoms with E-state index >= 15 is 0 Å². The molecule has 1 aliphatic carbocycles. The molecule has 2 aliphatic rings. The van der Waals surface area contributed by atoms with Gasteiger partial charge in [-0.15, -0.1) is 0 Å². The van der Waals surface area contributed by atoms with Gasteiger partial charge >= 0.3 is 5.97 Å². The van der Waals surface area contributed by atoms with Crippen molar-refractivity contribution in [2.24, 2.45) is 0 Å². The fourth-order valence-electron chi connectivity index (χ4n) is 3.11. The summed E-state index contributed by atoms with van der Waals surface area (Å²) in [6, 6.07) is 2.22. The van der Waals surface area contributed by atoms with Crippen LogP contribution in [0.2, 0.25) is 5.02 Å². The summed E-state index contributed by atoms with van der Waals surface area (Å²) >= 11 is 6.00. The average molecular weight is 406 g/mol. The number of imide groups is 1. The fourth-order valence-corrected chi connectivity index (χ4v) is 3.32. The van der Waals surface area contributed by atoms with E-state index in [-0.39, 0.29) is 29.7 Å². The zero-order valence-corrected chi connectivity index (χ0v) is 15.9. The molecule has 0 aromatic heterocycles. The van der Waals surface area contributed by atoms with Crippen LogP contribution in [0, 0.1) is 17.7 Å². The molecule has 28 heavy (non-hydrogen) atoms. The van der Waals surface area contributed by atoms with Crippen LogP contribution in [0.25, 0.3) is 0 Å². The number of rotatable bonds is 4. The van der Waals surface area contributed by atoms with Crippen molar-refractivity contribution in [3.8, 4) is 17.6 Å². The molecule has 8 heteroatoms. The van der Waals surface area contributed by atoms with Crippen LogP contribution in [-0.2, 0) is 19.1 Å². The van der Waals surface area contributed by atoms with Crippen molar-refractivity contribution >= 4 is 35.1 Å². The lowest BCUT2D eigenvalue weighted by atomic mass is 9.93. The van der Waals surface area contributed by atoms with E-state index in [0.717, 1.165) is 23.8 Å². The number of carbonyl (C=O) groups excluding carboxylic acids is 3. The third-order valence-corrected chi connectivity index (χ3v) is 4.70. The summed E-state index contributed by atoms with van der Waals surface area (Å²) in [7, 11) is 0. The molecule has 2 amide bonds. The van der Waals surface area contributed by atoms with Crippen LogP contribution in [0.3, 0.4) is 0 Å². The van der Waals surface area contributed by atoms with Crippen LogP contribution in [0.5, 0.6) is 5.75 Å². The van der Waals surface area contributed by atoms with Gasteiger partial charge in [-0.25, -0.2) is 9.29 Å². The molecular weight excluding hydrogens is 389 g/mol. The highest BCUT2D eigenvalue weighted by atomic mass is 35.5.